The molecule has 0 fully saturated rings. The average molecular weight is 375 g/mol. The minimum absolute atomic E-state index is 0. The first-order chi connectivity index (χ1) is 8.63. The van der Waals surface area contributed by atoms with Crippen LogP contribution in [0.25, 0.3) is 0 Å². The lowest BCUT2D eigenvalue weighted by atomic mass is 10.3. The van der Waals surface area contributed by atoms with Crippen LogP contribution in [0.2, 0.25) is 0 Å². The Hall–Kier alpha value is -1.38. The second kappa shape index (κ2) is 7.27. The average Bonchev–Trinajstić information content (AvgIpc) is 2.74. The summed E-state index contributed by atoms with van der Waals surface area (Å²) in [5, 5.41) is 9.05. The zero-order chi connectivity index (χ0) is 13.0. The molecule has 1 amide bonds. The second-order valence-corrected chi connectivity index (χ2v) is 4.32. The number of aliphatic imine (C=N–C) groups is 1. The van der Waals surface area contributed by atoms with Gasteiger partial charge in [0.15, 0.2) is 5.96 Å². The molecule has 1 aliphatic heterocycles. The number of nitrogens with zero attached hydrogens (tertiary/aromatic N) is 2. The number of amides is 1. The first-order valence-electron chi connectivity index (χ1n) is 5.91. The maximum atomic E-state index is 10.8. The summed E-state index contributed by atoms with van der Waals surface area (Å²) in [6.07, 6.45) is 1.73. The van der Waals surface area contributed by atoms with E-state index in [2.05, 4.69) is 32.9 Å². The van der Waals surface area contributed by atoms with E-state index in [0.29, 0.717) is 18.4 Å². The molecule has 2 heterocycles. The number of carbonyl (C=O) groups excluding carboxylic acids is 1. The molecule has 0 saturated carbocycles. The molecule has 104 valence electrons. The summed E-state index contributed by atoms with van der Waals surface area (Å²) in [6.45, 7) is 5.01. The van der Waals surface area contributed by atoms with E-state index < -0.39 is 0 Å². The van der Waals surface area contributed by atoms with Crippen LogP contribution >= 0.6 is 24.0 Å². The smallest absolute Gasteiger partial charge is 0.222 e. The number of hydrogen-bond acceptors (Lipinski definition) is 5. The number of rotatable bonds is 3. The summed E-state index contributed by atoms with van der Waals surface area (Å²) in [7, 11) is 0. The Morgan fingerprint density at radius 1 is 1.53 bits per heavy atom. The predicted molar refractivity (Wildman–Crippen MR) is 85.7 cm³/mol. The van der Waals surface area contributed by atoms with Crippen molar-refractivity contribution in [1.82, 2.24) is 15.6 Å². The lowest BCUT2D eigenvalue weighted by molar-refractivity contribution is -0.114. The molecular weight excluding hydrogens is 357 g/mol. The highest BCUT2D eigenvalue weighted by Crippen LogP contribution is 2.05. The monoisotopic (exact) mass is 375 g/mol. The molecule has 1 unspecified atom stereocenters. The number of hydrogen-bond donors (Lipinski definition) is 3. The van der Waals surface area contributed by atoms with E-state index in [4.69, 9.17) is 0 Å². The van der Waals surface area contributed by atoms with E-state index in [1.807, 2.05) is 6.07 Å². The molecular formula is C12H18IN5O. The van der Waals surface area contributed by atoms with Crippen molar-refractivity contribution < 1.29 is 4.79 Å². The van der Waals surface area contributed by atoms with E-state index in [9.17, 15) is 4.79 Å². The Morgan fingerprint density at radius 2 is 2.32 bits per heavy atom. The van der Waals surface area contributed by atoms with Crippen LogP contribution in [-0.4, -0.2) is 29.4 Å². The van der Waals surface area contributed by atoms with Gasteiger partial charge in [-0.1, -0.05) is 6.07 Å². The molecule has 0 bridgehead atoms. The fourth-order valence-corrected chi connectivity index (χ4v) is 1.63. The Morgan fingerprint density at radius 3 is 2.84 bits per heavy atom. The van der Waals surface area contributed by atoms with Crippen LogP contribution in [0.1, 0.15) is 19.4 Å². The van der Waals surface area contributed by atoms with Crippen molar-refractivity contribution in [2.75, 3.05) is 11.9 Å². The fourth-order valence-electron chi connectivity index (χ4n) is 1.63. The molecule has 0 radical (unpaired) electrons. The van der Waals surface area contributed by atoms with Gasteiger partial charge in [-0.25, -0.2) is 4.98 Å². The van der Waals surface area contributed by atoms with E-state index in [0.717, 1.165) is 18.1 Å². The van der Waals surface area contributed by atoms with E-state index >= 15 is 0 Å². The van der Waals surface area contributed by atoms with Crippen molar-refractivity contribution in [3.8, 4) is 0 Å². The van der Waals surface area contributed by atoms with Gasteiger partial charge in [0.05, 0.1) is 6.54 Å². The molecule has 0 aliphatic carbocycles. The number of pyridine rings is 1. The lowest BCUT2D eigenvalue weighted by Gasteiger charge is -2.09. The number of aromatic nitrogens is 1. The van der Waals surface area contributed by atoms with Crippen molar-refractivity contribution >= 4 is 41.7 Å². The van der Waals surface area contributed by atoms with Gasteiger partial charge in [-0.3, -0.25) is 9.79 Å². The first-order valence-corrected chi connectivity index (χ1v) is 5.91. The van der Waals surface area contributed by atoms with Crippen LogP contribution in [0.15, 0.2) is 23.3 Å². The molecule has 2 rings (SSSR count). The summed E-state index contributed by atoms with van der Waals surface area (Å²) in [5.74, 6) is 1.27. The molecule has 3 N–H and O–H groups in total. The normalized spacial score (nSPS) is 16.9. The molecule has 1 atom stereocenters. The van der Waals surface area contributed by atoms with Crippen LogP contribution in [-0.2, 0) is 11.3 Å². The van der Waals surface area contributed by atoms with Crippen LogP contribution in [0.5, 0.6) is 0 Å². The van der Waals surface area contributed by atoms with Crippen molar-refractivity contribution in [3.05, 3.63) is 23.9 Å². The third-order valence-electron chi connectivity index (χ3n) is 2.50. The van der Waals surface area contributed by atoms with Crippen molar-refractivity contribution in [1.29, 1.82) is 0 Å². The van der Waals surface area contributed by atoms with Gasteiger partial charge in [0.2, 0.25) is 5.91 Å². The molecule has 1 aromatic rings. The van der Waals surface area contributed by atoms with E-state index in [-0.39, 0.29) is 29.9 Å². The van der Waals surface area contributed by atoms with E-state index in [1.54, 1.807) is 12.3 Å². The summed E-state index contributed by atoms with van der Waals surface area (Å²) >= 11 is 0. The Labute approximate surface area is 129 Å². The maximum Gasteiger partial charge on any atom is 0.222 e. The zero-order valence-corrected chi connectivity index (χ0v) is 13.3. The number of guanidine groups is 1. The number of carbonyl (C=O) groups is 1. The first kappa shape index (κ1) is 15.7. The Bertz CT molecular complexity index is 460. The van der Waals surface area contributed by atoms with Crippen molar-refractivity contribution in [3.63, 3.8) is 0 Å². The minimum Gasteiger partial charge on any atom is -0.352 e. The number of nitrogens with one attached hydrogen (secondary N) is 3. The Kier molecular flexibility index (Phi) is 6.00. The van der Waals surface area contributed by atoms with E-state index in [1.165, 1.54) is 6.92 Å². The third-order valence-corrected chi connectivity index (χ3v) is 2.50. The summed E-state index contributed by atoms with van der Waals surface area (Å²) in [4.78, 5) is 19.3. The fraction of sp³-hybridized carbons (Fsp3) is 0.417. The van der Waals surface area contributed by atoms with Gasteiger partial charge in [-0.2, -0.15) is 0 Å². The molecule has 6 nitrogen and oxygen atoms in total. The molecule has 1 aromatic heterocycles. The molecule has 1 aliphatic rings. The number of halogens is 1. The standard InChI is InChI=1S/C12H17N5O.HI/c1-8-5-14-12(16-8)15-7-10-3-4-11(13-6-10)17-9(2)18;/h3-4,6,8H,5,7H2,1-2H3,(H,13,17,18)(H2,14,15,16);1H. The topological polar surface area (TPSA) is 78.4 Å². The van der Waals surface area contributed by atoms with Gasteiger partial charge in [-0.05, 0) is 18.6 Å². The molecule has 19 heavy (non-hydrogen) atoms. The van der Waals surface area contributed by atoms with Gasteiger partial charge >= 0.3 is 0 Å². The highest BCUT2D eigenvalue weighted by Gasteiger charge is 2.11. The van der Waals surface area contributed by atoms with Crippen molar-refractivity contribution in [2.45, 2.75) is 26.4 Å². The number of anilines is 1. The minimum atomic E-state index is -0.119. The highest BCUT2D eigenvalue weighted by molar-refractivity contribution is 14.0. The molecule has 7 heteroatoms. The lowest BCUT2D eigenvalue weighted by Crippen LogP contribution is -2.37. The van der Waals surface area contributed by atoms with Gasteiger partial charge in [-0.15, -0.1) is 24.0 Å². The van der Waals surface area contributed by atoms with Crippen LogP contribution < -0.4 is 16.0 Å². The second-order valence-electron chi connectivity index (χ2n) is 4.32. The van der Waals surface area contributed by atoms with Crippen LogP contribution in [0, 0.1) is 0 Å². The predicted octanol–water partition coefficient (Wildman–Crippen LogP) is 1.10. The summed E-state index contributed by atoms with van der Waals surface area (Å²) < 4.78 is 0. The molecule has 0 spiro atoms. The summed E-state index contributed by atoms with van der Waals surface area (Å²) in [6, 6.07) is 4.10. The third kappa shape index (κ3) is 5.01. The van der Waals surface area contributed by atoms with Crippen LogP contribution in [0.4, 0.5) is 5.82 Å². The highest BCUT2D eigenvalue weighted by atomic mass is 127. The maximum absolute atomic E-state index is 10.8. The molecule has 0 saturated heterocycles. The largest absolute Gasteiger partial charge is 0.352 e. The van der Waals surface area contributed by atoms with Gasteiger partial charge in [0.25, 0.3) is 0 Å². The van der Waals surface area contributed by atoms with Gasteiger partial charge in [0, 0.05) is 25.7 Å². The zero-order valence-electron chi connectivity index (χ0n) is 10.9. The van der Waals surface area contributed by atoms with Crippen molar-refractivity contribution in [2.24, 2.45) is 4.99 Å². The molecule has 0 aromatic carbocycles. The Balaban J connectivity index is 0.00000180. The summed E-state index contributed by atoms with van der Waals surface area (Å²) in [5.41, 5.74) is 1.04. The van der Waals surface area contributed by atoms with Gasteiger partial charge < -0.3 is 16.0 Å². The van der Waals surface area contributed by atoms with Crippen LogP contribution in [0.3, 0.4) is 0 Å². The van der Waals surface area contributed by atoms with Gasteiger partial charge in [0.1, 0.15) is 5.82 Å². The quantitative estimate of drug-likeness (QED) is 0.692. The SMILES string of the molecule is CC(=O)Nc1ccc(CNC2=NCC(C)N2)cn1.I.